The Bertz CT molecular complexity index is 961. The van der Waals surface area contributed by atoms with Gasteiger partial charge in [0.2, 0.25) is 0 Å². The molecule has 0 aliphatic carbocycles. The minimum atomic E-state index is -0.369. The Morgan fingerprint density at radius 2 is 2.00 bits per heavy atom. The van der Waals surface area contributed by atoms with Crippen LogP contribution in [0.3, 0.4) is 0 Å². The SMILES string of the molecule is Cc1nc(C(=O)NCc2ccc(F)cc2)cc(C2=NOC([C@@H]3CO[C@@H](CO)CO3)C2)n1. The number of nitrogens with zero attached hydrogens (tertiary/aromatic N) is 3. The van der Waals surface area contributed by atoms with Gasteiger partial charge in [-0.15, -0.1) is 0 Å². The first-order valence-electron chi connectivity index (χ1n) is 9.97. The van der Waals surface area contributed by atoms with Crippen molar-refractivity contribution in [3.63, 3.8) is 0 Å². The number of hydrogen-bond donors (Lipinski definition) is 2. The molecule has 0 spiro atoms. The van der Waals surface area contributed by atoms with E-state index in [1.807, 2.05) is 0 Å². The Kier molecular flexibility index (Phi) is 6.50. The van der Waals surface area contributed by atoms with Crippen LogP contribution < -0.4 is 5.32 Å². The summed E-state index contributed by atoms with van der Waals surface area (Å²) in [6, 6.07) is 7.47. The number of benzene rings is 1. The topological polar surface area (TPSA) is 115 Å². The summed E-state index contributed by atoms with van der Waals surface area (Å²) in [6.45, 7) is 2.45. The number of hydrogen-bond acceptors (Lipinski definition) is 8. The van der Waals surface area contributed by atoms with Gasteiger partial charge in [-0.25, -0.2) is 14.4 Å². The highest BCUT2D eigenvalue weighted by Gasteiger charge is 2.35. The van der Waals surface area contributed by atoms with Gasteiger partial charge in [-0.2, -0.15) is 0 Å². The third-order valence-electron chi connectivity index (χ3n) is 5.04. The highest BCUT2D eigenvalue weighted by Crippen LogP contribution is 2.23. The number of aliphatic hydroxyl groups is 1. The highest BCUT2D eigenvalue weighted by atomic mass is 19.1. The molecule has 1 unspecified atom stereocenters. The molecule has 2 aromatic rings. The van der Waals surface area contributed by atoms with Crippen LogP contribution in [0.2, 0.25) is 0 Å². The van der Waals surface area contributed by atoms with E-state index in [2.05, 4.69) is 20.4 Å². The summed E-state index contributed by atoms with van der Waals surface area (Å²) in [4.78, 5) is 26.7. The van der Waals surface area contributed by atoms with E-state index in [-0.39, 0.29) is 48.9 Å². The maximum absolute atomic E-state index is 13.0. The van der Waals surface area contributed by atoms with E-state index in [0.717, 1.165) is 5.56 Å². The van der Waals surface area contributed by atoms with Crippen molar-refractivity contribution in [2.24, 2.45) is 5.16 Å². The smallest absolute Gasteiger partial charge is 0.270 e. The lowest BCUT2D eigenvalue weighted by molar-refractivity contribution is -0.178. The fraction of sp³-hybridized carbons (Fsp3) is 0.429. The van der Waals surface area contributed by atoms with Gasteiger partial charge in [0.15, 0.2) is 6.10 Å². The van der Waals surface area contributed by atoms with Gasteiger partial charge >= 0.3 is 0 Å². The summed E-state index contributed by atoms with van der Waals surface area (Å²) in [5.41, 5.74) is 2.08. The van der Waals surface area contributed by atoms with Gasteiger partial charge in [0.1, 0.15) is 35.3 Å². The van der Waals surface area contributed by atoms with Crippen LogP contribution >= 0.6 is 0 Å². The normalized spacial score (nSPS) is 23.2. The minimum absolute atomic E-state index is 0.0911. The van der Waals surface area contributed by atoms with Crippen LogP contribution in [0.5, 0.6) is 0 Å². The third-order valence-corrected chi connectivity index (χ3v) is 5.04. The Morgan fingerprint density at radius 3 is 2.71 bits per heavy atom. The van der Waals surface area contributed by atoms with Crippen molar-refractivity contribution in [2.45, 2.75) is 38.2 Å². The number of carbonyl (C=O) groups is 1. The minimum Gasteiger partial charge on any atom is -0.394 e. The molecule has 1 aromatic carbocycles. The highest BCUT2D eigenvalue weighted by molar-refractivity contribution is 6.02. The molecule has 2 N–H and O–H groups in total. The molecule has 31 heavy (non-hydrogen) atoms. The molecule has 4 rings (SSSR count). The lowest BCUT2D eigenvalue weighted by atomic mass is 10.0. The number of halogens is 1. The molecule has 0 saturated carbocycles. The van der Waals surface area contributed by atoms with Gasteiger partial charge in [0.05, 0.1) is 25.5 Å². The Hall–Kier alpha value is -2.95. The number of amides is 1. The van der Waals surface area contributed by atoms with Crippen molar-refractivity contribution in [3.05, 3.63) is 58.9 Å². The Labute approximate surface area is 178 Å². The predicted octanol–water partition coefficient (Wildman–Crippen LogP) is 1.12. The number of oxime groups is 1. The summed E-state index contributed by atoms with van der Waals surface area (Å²) in [6.07, 6.45) is -0.505. The van der Waals surface area contributed by atoms with Gasteiger partial charge in [-0.3, -0.25) is 4.79 Å². The zero-order valence-electron chi connectivity index (χ0n) is 17.0. The second kappa shape index (κ2) is 9.46. The molecule has 10 heteroatoms. The predicted molar refractivity (Wildman–Crippen MR) is 107 cm³/mol. The number of ether oxygens (including phenoxy) is 2. The molecule has 1 amide bonds. The van der Waals surface area contributed by atoms with Gasteiger partial charge < -0.3 is 24.7 Å². The summed E-state index contributed by atoms with van der Waals surface area (Å²) in [7, 11) is 0. The number of aryl methyl sites for hydroxylation is 1. The van der Waals surface area contributed by atoms with E-state index >= 15 is 0 Å². The molecule has 164 valence electrons. The van der Waals surface area contributed by atoms with Crippen molar-refractivity contribution in [1.29, 1.82) is 0 Å². The second-order valence-electron chi connectivity index (χ2n) is 7.39. The van der Waals surface area contributed by atoms with Crippen LogP contribution in [0.15, 0.2) is 35.5 Å². The van der Waals surface area contributed by atoms with Crippen LogP contribution in [0.25, 0.3) is 0 Å². The zero-order chi connectivity index (χ0) is 21.8. The summed E-state index contributed by atoms with van der Waals surface area (Å²) in [5, 5.41) is 16.0. The van der Waals surface area contributed by atoms with Gasteiger partial charge in [0, 0.05) is 13.0 Å². The monoisotopic (exact) mass is 430 g/mol. The van der Waals surface area contributed by atoms with E-state index in [0.29, 0.717) is 36.9 Å². The van der Waals surface area contributed by atoms with Crippen LogP contribution in [-0.2, 0) is 20.9 Å². The number of aromatic nitrogens is 2. The van der Waals surface area contributed by atoms with Crippen molar-refractivity contribution < 1.29 is 28.6 Å². The summed E-state index contributed by atoms with van der Waals surface area (Å²) in [5.74, 6) is -0.271. The van der Waals surface area contributed by atoms with E-state index in [4.69, 9.17) is 19.4 Å². The fourth-order valence-electron chi connectivity index (χ4n) is 3.33. The lowest BCUT2D eigenvalue weighted by Gasteiger charge is -2.30. The van der Waals surface area contributed by atoms with Crippen LogP contribution in [0, 0.1) is 12.7 Å². The van der Waals surface area contributed by atoms with E-state index in [9.17, 15) is 9.18 Å². The summed E-state index contributed by atoms with van der Waals surface area (Å²) < 4.78 is 24.3. The third kappa shape index (κ3) is 5.22. The molecule has 1 aromatic heterocycles. The first-order chi connectivity index (χ1) is 15.0. The van der Waals surface area contributed by atoms with Crippen LogP contribution in [0.1, 0.15) is 34.0 Å². The average Bonchev–Trinajstić information content (AvgIpc) is 3.28. The van der Waals surface area contributed by atoms with Crippen molar-refractivity contribution in [1.82, 2.24) is 15.3 Å². The molecule has 2 aliphatic heterocycles. The average molecular weight is 430 g/mol. The fourth-order valence-corrected chi connectivity index (χ4v) is 3.33. The van der Waals surface area contributed by atoms with Crippen molar-refractivity contribution >= 4 is 11.6 Å². The summed E-state index contributed by atoms with van der Waals surface area (Å²) >= 11 is 0. The molecule has 9 nitrogen and oxygen atoms in total. The maximum Gasteiger partial charge on any atom is 0.270 e. The van der Waals surface area contributed by atoms with Crippen molar-refractivity contribution in [2.75, 3.05) is 19.8 Å². The molecule has 0 radical (unpaired) electrons. The zero-order valence-corrected chi connectivity index (χ0v) is 17.0. The molecule has 2 aliphatic rings. The number of nitrogens with one attached hydrogen (secondary N) is 1. The van der Waals surface area contributed by atoms with E-state index in [1.165, 1.54) is 12.1 Å². The Morgan fingerprint density at radius 1 is 1.19 bits per heavy atom. The molecule has 3 heterocycles. The molecule has 3 atom stereocenters. The number of carbonyl (C=O) groups excluding carboxylic acids is 1. The Balaban J connectivity index is 1.38. The largest absolute Gasteiger partial charge is 0.394 e. The maximum atomic E-state index is 13.0. The first kappa shape index (κ1) is 21.3. The van der Waals surface area contributed by atoms with E-state index < -0.39 is 0 Å². The van der Waals surface area contributed by atoms with Gasteiger partial charge in [0.25, 0.3) is 5.91 Å². The molecule has 0 bridgehead atoms. The lowest BCUT2D eigenvalue weighted by Crippen LogP contribution is -2.43. The van der Waals surface area contributed by atoms with Gasteiger partial charge in [-0.1, -0.05) is 17.3 Å². The number of rotatable bonds is 6. The van der Waals surface area contributed by atoms with Crippen LogP contribution in [-0.4, -0.2) is 64.8 Å². The molecule has 1 saturated heterocycles. The standard InChI is InChI=1S/C21H23FN4O5/c1-12-24-16(17-7-19(31-26-17)20-11-29-15(9-27)10-30-20)6-18(25-12)21(28)23-8-13-2-4-14(22)5-3-13/h2-6,15,19-20,27H,7-11H2,1H3,(H,23,28)/t15-,19?,20-/m0/s1. The van der Waals surface area contributed by atoms with Crippen molar-refractivity contribution in [3.8, 4) is 0 Å². The molecular weight excluding hydrogens is 407 g/mol. The van der Waals surface area contributed by atoms with E-state index in [1.54, 1.807) is 25.1 Å². The quantitative estimate of drug-likeness (QED) is 0.706. The molecular formula is C21H23FN4O5. The molecule has 1 fully saturated rings. The second-order valence-corrected chi connectivity index (χ2v) is 7.39. The first-order valence-corrected chi connectivity index (χ1v) is 9.97. The number of aliphatic hydroxyl groups excluding tert-OH is 1. The van der Waals surface area contributed by atoms with Gasteiger partial charge in [-0.05, 0) is 30.7 Å². The van der Waals surface area contributed by atoms with Crippen LogP contribution in [0.4, 0.5) is 4.39 Å².